The van der Waals surface area contributed by atoms with E-state index in [0.29, 0.717) is 5.69 Å². The first-order valence-corrected chi connectivity index (χ1v) is 11.2. The number of carbonyl (C=O) groups excluding carboxylic acids is 2. The maximum absolute atomic E-state index is 13.0. The first-order valence-electron chi connectivity index (χ1n) is 9.81. The van der Waals surface area contributed by atoms with Gasteiger partial charge in [-0.15, -0.1) is 0 Å². The Morgan fingerprint density at radius 3 is 2.13 bits per heavy atom. The number of ether oxygens (including phenoxy) is 1. The van der Waals surface area contributed by atoms with Gasteiger partial charge in [-0.3, -0.25) is 9.10 Å². The molecule has 30 heavy (non-hydrogen) atoms. The van der Waals surface area contributed by atoms with Crippen LogP contribution in [0.25, 0.3) is 0 Å². The number of hydrogen-bond acceptors (Lipinski definition) is 5. The number of nitrogens with one attached hydrogen (secondary N) is 1. The molecule has 0 heterocycles. The maximum Gasteiger partial charge on any atom is 0.338 e. The van der Waals surface area contributed by atoms with Crippen molar-refractivity contribution in [3.63, 3.8) is 0 Å². The van der Waals surface area contributed by atoms with E-state index in [4.69, 9.17) is 4.74 Å². The van der Waals surface area contributed by atoms with Crippen LogP contribution in [0.1, 0.15) is 38.1 Å². The topological polar surface area (TPSA) is 92.8 Å². The minimum Gasteiger partial charge on any atom is -0.452 e. The van der Waals surface area contributed by atoms with Crippen molar-refractivity contribution in [2.75, 3.05) is 17.5 Å². The Balaban J connectivity index is 2.06. The molecule has 1 atom stereocenters. The Labute approximate surface area is 178 Å². The molecule has 0 saturated heterocycles. The van der Waals surface area contributed by atoms with Crippen LogP contribution in [0.2, 0.25) is 0 Å². The van der Waals surface area contributed by atoms with Gasteiger partial charge in [-0.25, -0.2) is 13.2 Å². The lowest BCUT2D eigenvalue weighted by molar-refractivity contribution is -0.125. The molecule has 1 amide bonds. The molecule has 0 fully saturated rings. The predicted molar refractivity (Wildman–Crippen MR) is 116 cm³/mol. The summed E-state index contributed by atoms with van der Waals surface area (Å²) in [7, 11) is -3.78. The second kappa shape index (κ2) is 10.2. The number of amides is 1. The quantitative estimate of drug-likeness (QED) is 0.614. The van der Waals surface area contributed by atoms with Gasteiger partial charge < -0.3 is 10.1 Å². The molecule has 0 aliphatic heterocycles. The van der Waals surface area contributed by atoms with E-state index in [9.17, 15) is 18.0 Å². The van der Waals surface area contributed by atoms with Crippen molar-refractivity contribution in [2.24, 2.45) is 5.92 Å². The minimum atomic E-state index is -3.78. The summed E-state index contributed by atoms with van der Waals surface area (Å²) >= 11 is 0. The van der Waals surface area contributed by atoms with E-state index in [1.54, 1.807) is 31.2 Å². The summed E-state index contributed by atoms with van der Waals surface area (Å²) in [4.78, 5) is 24.1. The standard InChI is InChI=1S/C22H28N2O5S/c1-5-24(19-9-7-6-8-10-19)30(27,28)20-13-11-18(12-14-20)22(26)29-15-21(25)23-17(4)16(2)3/h6-14,16-17H,5,15H2,1-4H3,(H,23,25). The summed E-state index contributed by atoms with van der Waals surface area (Å²) < 4.78 is 32.3. The van der Waals surface area contributed by atoms with Gasteiger partial charge in [0.1, 0.15) is 0 Å². The molecule has 2 aromatic rings. The van der Waals surface area contributed by atoms with Crippen molar-refractivity contribution in [2.45, 2.75) is 38.6 Å². The molecule has 7 nitrogen and oxygen atoms in total. The summed E-state index contributed by atoms with van der Waals surface area (Å²) in [5.41, 5.74) is 0.728. The Morgan fingerprint density at radius 1 is 1.00 bits per heavy atom. The van der Waals surface area contributed by atoms with Crippen LogP contribution in [0.3, 0.4) is 0 Å². The molecule has 1 unspecified atom stereocenters. The van der Waals surface area contributed by atoms with E-state index in [1.807, 2.05) is 26.8 Å². The van der Waals surface area contributed by atoms with Gasteiger partial charge in [-0.1, -0.05) is 32.0 Å². The van der Waals surface area contributed by atoms with Crippen molar-refractivity contribution in [3.05, 3.63) is 60.2 Å². The average Bonchev–Trinajstić information content (AvgIpc) is 2.73. The van der Waals surface area contributed by atoms with Crippen molar-refractivity contribution in [1.29, 1.82) is 0 Å². The number of benzene rings is 2. The molecule has 0 aliphatic rings. The summed E-state index contributed by atoms with van der Waals surface area (Å²) in [6.45, 7) is 7.45. The van der Waals surface area contributed by atoms with E-state index in [1.165, 1.54) is 28.6 Å². The Hall–Kier alpha value is -2.87. The SMILES string of the molecule is CCN(c1ccccc1)S(=O)(=O)c1ccc(C(=O)OCC(=O)NC(C)C(C)C)cc1. The molecule has 2 rings (SSSR count). The molecular formula is C22H28N2O5S. The zero-order valence-corrected chi connectivity index (χ0v) is 18.5. The molecule has 0 aliphatic carbocycles. The summed E-state index contributed by atoms with van der Waals surface area (Å²) in [6, 6.07) is 14.2. The Kier molecular flexibility index (Phi) is 8.00. The highest BCUT2D eigenvalue weighted by molar-refractivity contribution is 7.92. The molecule has 0 aromatic heterocycles. The molecule has 0 saturated carbocycles. The molecule has 8 heteroatoms. The zero-order valence-electron chi connectivity index (χ0n) is 17.7. The van der Waals surface area contributed by atoms with Gasteiger partial charge in [0.05, 0.1) is 16.1 Å². The number of hydrogen-bond donors (Lipinski definition) is 1. The third kappa shape index (κ3) is 5.82. The van der Waals surface area contributed by atoms with E-state index >= 15 is 0 Å². The molecule has 0 bridgehead atoms. The number of esters is 1. The lowest BCUT2D eigenvalue weighted by atomic mass is 10.1. The molecule has 162 valence electrons. The molecule has 0 spiro atoms. The smallest absolute Gasteiger partial charge is 0.338 e. The van der Waals surface area contributed by atoms with Gasteiger partial charge in [0.15, 0.2) is 6.61 Å². The van der Waals surface area contributed by atoms with Gasteiger partial charge in [0.2, 0.25) is 0 Å². The average molecular weight is 433 g/mol. The van der Waals surface area contributed by atoms with Crippen LogP contribution in [0, 0.1) is 5.92 Å². The van der Waals surface area contributed by atoms with E-state index in [2.05, 4.69) is 5.32 Å². The summed E-state index contributed by atoms with van der Waals surface area (Å²) in [5, 5.41) is 2.75. The maximum atomic E-state index is 13.0. The van der Waals surface area contributed by atoms with Crippen molar-refractivity contribution in [3.8, 4) is 0 Å². The summed E-state index contributed by atoms with van der Waals surface area (Å²) in [6.07, 6.45) is 0. The van der Waals surface area contributed by atoms with Gasteiger partial charge in [0.25, 0.3) is 15.9 Å². The van der Waals surface area contributed by atoms with Crippen LogP contribution in [0.15, 0.2) is 59.5 Å². The van der Waals surface area contributed by atoms with Crippen molar-refractivity contribution in [1.82, 2.24) is 5.32 Å². The number of nitrogens with zero attached hydrogens (tertiary/aromatic N) is 1. The fraction of sp³-hybridized carbons (Fsp3) is 0.364. The zero-order chi connectivity index (χ0) is 22.3. The number of rotatable bonds is 9. The van der Waals surface area contributed by atoms with Gasteiger partial charge >= 0.3 is 5.97 Å². The van der Waals surface area contributed by atoms with Crippen LogP contribution in [0.4, 0.5) is 5.69 Å². The predicted octanol–water partition coefficient (Wildman–Crippen LogP) is 3.22. The van der Waals surface area contributed by atoms with Gasteiger partial charge in [-0.2, -0.15) is 0 Å². The third-order valence-corrected chi connectivity index (χ3v) is 6.65. The van der Waals surface area contributed by atoms with Crippen molar-refractivity contribution < 1.29 is 22.7 Å². The highest BCUT2D eigenvalue weighted by atomic mass is 32.2. The van der Waals surface area contributed by atoms with Crippen LogP contribution in [-0.2, 0) is 19.6 Å². The fourth-order valence-corrected chi connectivity index (χ4v) is 4.13. The van der Waals surface area contributed by atoms with Crippen LogP contribution in [-0.4, -0.2) is 39.5 Å². The molecule has 1 N–H and O–H groups in total. The second-order valence-corrected chi connectivity index (χ2v) is 9.07. The van der Waals surface area contributed by atoms with Gasteiger partial charge in [0, 0.05) is 12.6 Å². The normalized spacial score (nSPS) is 12.3. The highest BCUT2D eigenvalue weighted by Crippen LogP contribution is 2.23. The van der Waals surface area contributed by atoms with Crippen molar-refractivity contribution >= 4 is 27.6 Å². The Morgan fingerprint density at radius 2 is 1.60 bits per heavy atom. The first kappa shape index (κ1) is 23.4. The number of sulfonamides is 1. The molecule has 0 radical (unpaired) electrons. The van der Waals surface area contributed by atoms with Crippen LogP contribution >= 0.6 is 0 Å². The number of carbonyl (C=O) groups is 2. The first-order chi connectivity index (χ1) is 14.2. The van der Waals surface area contributed by atoms with Gasteiger partial charge in [-0.05, 0) is 56.2 Å². The second-order valence-electron chi connectivity index (χ2n) is 7.21. The lowest BCUT2D eigenvalue weighted by Gasteiger charge is -2.23. The van der Waals surface area contributed by atoms with E-state index in [-0.39, 0.29) is 34.9 Å². The number of anilines is 1. The highest BCUT2D eigenvalue weighted by Gasteiger charge is 2.24. The number of para-hydroxylation sites is 1. The van der Waals surface area contributed by atoms with E-state index < -0.39 is 22.6 Å². The van der Waals surface area contributed by atoms with Crippen LogP contribution in [0.5, 0.6) is 0 Å². The lowest BCUT2D eigenvalue weighted by Crippen LogP contribution is -2.38. The third-order valence-electron chi connectivity index (χ3n) is 4.73. The monoisotopic (exact) mass is 432 g/mol. The van der Waals surface area contributed by atoms with E-state index in [0.717, 1.165) is 0 Å². The molecule has 2 aromatic carbocycles. The Bertz CT molecular complexity index is 957. The minimum absolute atomic E-state index is 0.0354. The summed E-state index contributed by atoms with van der Waals surface area (Å²) in [5.74, 6) is -0.815. The fourth-order valence-electron chi connectivity index (χ4n) is 2.65. The largest absolute Gasteiger partial charge is 0.452 e. The molecular weight excluding hydrogens is 404 g/mol. The van der Waals surface area contributed by atoms with Crippen LogP contribution < -0.4 is 9.62 Å².